The lowest BCUT2D eigenvalue weighted by atomic mass is 9.86. The van der Waals surface area contributed by atoms with Gasteiger partial charge in [-0.2, -0.15) is 0 Å². The van der Waals surface area contributed by atoms with Crippen LogP contribution in [-0.2, 0) is 0 Å². The van der Waals surface area contributed by atoms with Gasteiger partial charge in [-0.3, -0.25) is 9.56 Å². The standard InChI is InChI=1S/C27H24F3N3S2/c1-19-12-14-21(15-13-19)31-24(27(16-28,17-29)18-30)23-25(34)33(22-10-6-3-7-11-22)26(35-23)32-20-8-4-2-5-9-20/h2-15,34H,16-18H2,1H3. The molecule has 35 heavy (non-hydrogen) atoms. The number of halogens is 3. The highest BCUT2D eigenvalue weighted by Crippen LogP contribution is 2.34. The Morgan fingerprint density at radius 2 is 1.40 bits per heavy atom. The van der Waals surface area contributed by atoms with E-state index in [0.717, 1.165) is 11.3 Å². The Kier molecular flexibility index (Phi) is 7.93. The van der Waals surface area contributed by atoms with Gasteiger partial charge in [0.05, 0.1) is 32.4 Å². The molecule has 0 atom stereocenters. The number of aromatic nitrogens is 1. The topological polar surface area (TPSA) is 29.6 Å². The predicted molar refractivity (Wildman–Crippen MR) is 140 cm³/mol. The number of hydrogen-bond acceptors (Lipinski definition) is 4. The van der Waals surface area contributed by atoms with Crippen LogP contribution >= 0.6 is 24.0 Å². The van der Waals surface area contributed by atoms with Gasteiger partial charge in [-0.25, -0.2) is 18.2 Å². The number of para-hydroxylation sites is 2. The molecule has 3 nitrogen and oxygen atoms in total. The number of thiol groups is 1. The summed E-state index contributed by atoms with van der Waals surface area (Å²) in [5.41, 5.74) is 0.863. The average molecular weight is 512 g/mol. The maximum atomic E-state index is 14.3. The number of benzene rings is 3. The minimum atomic E-state index is -2.05. The second-order valence-corrected chi connectivity index (χ2v) is 9.53. The fourth-order valence-electron chi connectivity index (χ4n) is 3.48. The van der Waals surface area contributed by atoms with E-state index in [2.05, 4.69) is 4.99 Å². The zero-order valence-corrected chi connectivity index (χ0v) is 20.7. The van der Waals surface area contributed by atoms with Gasteiger partial charge < -0.3 is 0 Å². The van der Waals surface area contributed by atoms with Gasteiger partial charge in [-0.05, 0) is 43.3 Å². The molecule has 1 aromatic heterocycles. The quantitative estimate of drug-likeness (QED) is 0.189. The van der Waals surface area contributed by atoms with Crippen molar-refractivity contribution in [3.63, 3.8) is 0 Å². The summed E-state index contributed by atoms with van der Waals surface area (Å²) in [6, 6.07) is 25.9. The van der Waals surface area contributed by atoms with Crippen LogP contribution in [0.1, 0.15) is 10.4 Å². The molecule has 0 fully saturated rings. The third-order valence-corrected chi connectivity index (χ3v) is 7.18. The van der Waals surface area contributed by atoms with Crippen LogP contribution in [0.15, 0.2) is 99.9 Å². The van der Waals surface area contributed by atoms with Crippen molar-refractivity contribution in [2.24, 2.45) is 15.4 Å². The third kappa shape index (κ3) is 5.28. The van der Waals surface area contributed by atoms with Crippen LogP contribution in [0.5, 0.6) is 0 Å². The van der Waals surface area contributed by atoms with Crippen molar-refractivity contribution in [3.8, 4) is 5.69 Å². The molecule has 0 aliphatic rings. The number of nitrogens with zero attached hydrogens (tertiary/aromatic N) is 3. The number of hydrogen-bond donors (Lipinski definition) is 1. The Hall–Kier alpha value is -3.10. The molecule has 0 saturated heterocycles. The minimum Gasteiger partial charge on any atom is -0.279 e. The molecule has 3 aromatic carbocycles. The van der Waals surface area contributed by atoms with Crippen LogP contribution in [0.25, 0.3) is 5.69 Å². The number of aryl methyl sites for hydroxylation is 1. The van der Waals surface area contributed by atoms with Gasteiger partial charge in [0.2, 0.25) is 0 Å². The molecule has 0 amide bonds. The first-order valence-electron chi connectivity index (χ1n) is 11.0. The Labute approximate surface area is 211 Å². The molecule has 0 unspecified atom stereocenters. The lowest BCUT2D eigenvalue weighted by Crippen LogP contribution is -2.38. The fraction of sp³-hybridized carbons (Fsp3) is 0.185. The van der Waals surface area contributed by atoms with Gasteiger partial charge in [0, 0.05) is 5.69 Å². The van der Waals surface area contributed by atoms with E-state index >= 15 is 0 Å². The monoisotopic (exact) mass is 511 g/mol. The molecule has 180 valence electrons. The van der Waals surface area contributed by atoms with Crippen LogP contribution < -0.4 is 4.80 Å². The van der Waals surface area contributed by atoms with Gasteiger partial charge >= 0.3 is 0 Å². The highest BCUT2D eigenvalue weighted by atomic mass is 32.1. The van der Waals surface area contributed by atoms with E-state index in [9.17, 15) is 13.2 Å². The third-order valence-electron chi connectivity index (χ3n) is 5.55. The molecule has 0 aliphatic carbocycles. The summed E-state index contributed by atoms with van der Waals surface area (Å²) in [4.78, 5) is 10.2. The van der Waals surface area contributed by atoms with Crippen LogP contribution in [0.2, 0.25) is 0 Å². The van der Waals surface area contributed by atoms with Gasteiger partial charge in [0.15, 0.2) is 4.80 Å². The lowest BCUT2D eigenvalue weighted by molar-refractivity contribution is 0.184. The van der Waals surface area contributed by atoms with Crippen LogP contribution in [-0.4, -0.2) is 30.3 Å². The van der Waals surface area contributed by atoms with E-state index < -0.39 is 25.4 Å². The Bertz CT molecular complexity index is 1350. The summed E-state index contributed by atoms with van der Waals surface area (Å²) < 4.78 is 44.7. The van der Waals surface area contributed by atoms with Gasteiger partial charge in [0.25, 0.3) is 0 Å². The van der Waals surface area contributed by atoms with Crippen molar-refractivity contribution in [2.45, 2.75) is 11.9 Å². The molecular weight excluding hydrogens is 487 g/mol. The molecular formula is C27H24F3N3S2. The van der Waals surface area contributed by atoms with E-state index in [1.807, 2.05) is 79.7 Å². The minimum absolute atomic E-state index is 0.0250. The zero-order chi connectivity index (χ0) is 24.8. The molecule has 4 rings (SSSR count). The smallest absolute Gasteiger partial charge is 0.196 e. The van der Waals surface area contributed by atoms with Crippen molar-refractivity contribution in [1.82, 2.24) is 4.57 Å². The molecule has 0 N–H and O–H groups in total. The van der Waals surface area contributed by atoms with E-state index in [1.54, 1.807) is 16.7 Å². The Morgan fingerprint density at radius 1 is 0.829 bits per heavy atom. The van der Waals surface area contributed by atoms with Crippen LogP contribution in [0.4, 0.5) is 24.5 Å². The molecule has 0 aliphatic heterocycles. The van der Waals surface area contributed by atoms with E-state index in [4.69, 9.17) is 17.6 Å². The molecule has 0 radical (unpaired) electrons. The lowest BCUT2D eigenvalue weighted by Gasteiger charge is -2.26. The summed E-state index contributed by atoms with van der Waals surface area (Å²) in [7, 11) is 0. The van der Waals surface area contributed by atoms with Gasteiger partial charge in [-0.1, -0.05) is 65.4 Å². The summed E-state index contributed by atoms with van der Waals surface area (Å²) in [5.74, 6) is 0. The van der Waals surface area contributed by atoms with E-state index in [0.29, 0.717) is 26.1 Å². The van der Waals surface area contributed by atoms with Crippen LogP contribution in [0, 0.1) is 12.3 Å². The van der Waals surface area contributed by atoms with Crippen molar-refractivity contribution in [3.05, 3.63) is 100 Å². The summed E-state index contributed by atoms with van der Waals surface area (Å²) in [6.45, 7) is -1.81. The summed E-state index contributed by atoms with van der Waals surface area (Å²) in [5, 5.41) is 0.376. The van der Waals surface area contributed by atoms with Crippen LogP contribution in [0.3, 0.4) is 0 Å². The second-order valence-electron chi connectivity index (χ2n) is 8.13. The fourth-order valence-corrected chi connectivity index (χ4v) is 5.16. The molecule has 0 bridgehead atoms. The summed E-state index contributed by atoms with van der Waals surface area (Å²) in [6.07, 6.45) is 0. The first kappa shape index (κ1) is 25.0. The van der Waals surface area contributed by atoms with Crippen molar-refractivity contribution < 1.29 is 13.2 Å². The number of alkyl halides is 3. The zero-order valence-electron chi connectivity index (χ0n) is 19.0. The SMILES string of the molecule is Cc1ccc(N=C(c2sc(=Nc3ccccc3)n(-c3ccccc3)c2S)C(CF)(CF)CF)cc1. The average Bonchev–Trinajstić information content (AvgIpc) is 3.22. The Morgan fingerprint density at radius 3 is 1.97 bits per heavy atom. The van der Waals surface area contributed by atoms with Gasteiger partial charge in [-0.15, -0.1) is 12.6 Å². The molecule has 4 aromatic rings. The number of aliphatic imine (C=N–C) groups is 1. The molecule has 8 heteroatoms. The maximum absolute atomic E-state index is 14.3. The Balaban J connectivity index is 2.03. The number of thiazole rings is 1. The normalized spacial score (nSPS) is 12.8. The largest absolute Gasteiger partial charge is 0.279 e. The highest BCUT2D eigenvalue weighted by molar-refractivity contribution is 7.80. The van der Waals surface area contributed by atoms with E-state index in [-0.39, 0.29) is 5.71 Å². The highest BCUT2D eigenvalue weighted by Gasteiger charge is 2.40. The van der Waals surface area contributed by atoms with Crippen molar-refractivity contribution in [2.75, 3.05) is 20.0 Å². The van der Waals surface area contributed by atoms with Gasteiger partial charge in [0.1, 0.15) is 20.0 Å². The first-order chi connectivity index (χ1) is 17.0. The van der Waals surface area contributed by atoms with Crippen molar-refractivity contribution in [1.29, 1.82) is 0 Å². The first-order valence-corrected chi connectivity index (χ1v) is 12.2. The predicted octanol–water partition coefficient (Wildman–Crippen LogP) is 7.38. The second kappa shape index (κ2) is 11.1. The van der Waals surface area contributed by atoms with E-state index in [1.165, 1.54) is 11.3 Å². The maximum Gasteiger partial charge on any atom is 0.196 e. The molecule has 0 saturated carbocycles. The molecule has 1 heterocycles. The summed E-state index contributed by atoms with van der Waals surface area (Å²) >= 11 is 5.91. The van der Waals surface area contributed by atoms with Crippen molar-refractivity contribution >= 4 is 41.1 Å². The molecule has 0 spiro atoms. The number of rotatable bonds is 8.